The van der Waals surface area contributed by atoms with Gasteiger partial charge in [0, 0.05) is 13.1 Å². The van der Waals surface area contributed by atoms with Crippen molar-refractivity contribution in [3.63, 3.8) is 0 Å². The van der Waals surface area contributed by atoms with Crippen LogP contribution in [0.2, 0.25) is 0 Å². The highest BCUT2D eigenvalue weighted by Gasteiger charge is 2.14. The second kappa shape index (κ2) is 4.35. The van der Waals surface area contributed by atoms with Gasteiger partial charge in [0.25, 0.3) is 10.1 Å². The first-order valence-corrected chi connectivity index (χ1v) is 6.40. The van der Waals surface area contributed by atoms with Crippen LogP contribution in [-0.2, 0) is 10.1 Å². The molecule has 94 valence electrons. The summed E-state index contributed by atoms with van der Waals surface area (Å²) in [5, 5.41) is 18.1. The van der Waals surface area contributed by atoms with E-state index in [1.807, 2.05) is 0 Å². The molecule has 0 aromatic heterocycles. The number of hydrogen-bond acceptors (Lipinski definition) is 5. The van der Waals surface area contributed by atoms with Crippen molar-refractivity contribution in [1.29, 1.82) is 0 Å². The van der Waals surface area contributed by atoms with Crippen LogP contribution in [-0.4, -0.2) is 25.1 Å². The molecule has 0 unspecified atom stereocenters. The fraction of sp³-hybridized carbons (Fsp3) is 0.0909. The molecule has 0 fully saturated rings. The maximum Gasteiger partial charge on any atom is 0.294 e. The minimum absolute atomic E-state index is 0.275. The van der Waals surface area contributed by atoms with Crippen LogP contribution in [0.3, 0.4) is 0 Å². The van der Waals surface area contributed by atoms with Gasteiger partial charge in [-0.15, -0.1) is 0 Å². The molecule has 0 atom stereocenters. The molecule has 0 aliphatic heterocycles. The first kappa shape index (κ1) is 12.5. The molecule has 0 spiro atoms. The van der Waals surface area contributed by atoms with Crippen LogP contribution in [0.4, 0.5) is 5.69 Å². The molecule has 2 N–H and O–H groups in total. The SMILES string of the molecule is C/N=N/c1cccc2cc(S(=O)(=O)O)cc(O)c12. The van der Waals surface area contributed by atoms with E-state index in [9.17, 15) is 13.5 Å². The number of phenols is 1. The average Bonchev–Trinajstić information content (AvgIpc) is 2.28. The van der Waals surface area contributed by atoms with Crippen LogP contribution in [0.5, 0.6) is 5.75 Å². The third-order valence-electron chi connectivity index (χ3n) is 2.41. The van der Waals surface area contributed by atoms with Crippen molar-refractivity contribution in [3.05, 3.63) is 30.3 Å². The summed E-state index contributed by atoms with van der Waals surface area (Å²) in [6, 6.07) is 7.14. The summed E-state index contributed by atoms with van der Waals surface area (Å²) < 4.78 is 31.0. The van der Waals surface area contributed by atoms with Crippen molar-refractivity contribution in [2.45, 2.75) is 4.90 Å². The molecule has 18 heavy (non-hydrogen) atoms. The Labute approximate surface area is 103 Å². The molecule has 0 saturated heterocycles. The lowest BCUT2D eigenvalue weighted by molar-refractivity contribution is 0.471. The number of aromatic hydroxyl groups is 1. The van der Waals surface area contributed by atoms with Crippen molar-refractivity contribution in [3.8, 4) is 5.75 Å². The first-order valence-electron chi connectivity index (χ1n) is 4.96. The zero-order valence-corrected chi connectivity index (χ0v) is 10.2. The maximum absolute atomic E-state index is 11.0. The molecule has 2 rings (SSSR count). The quantitative estimate of drug-likeness (QED) is 0.644. The summed E-state index contributed by atoms with van der Waals surface area (Å²) in [7, 11) is -2.87. The minimum atomic E-state index is -4.36. The van der Waals surface area contributed by atoms with Crippen molar-refractivity contribution >= 4 is 26.6 Å². The molecule has 0 saturated carbocycles. The molecule has 0 aliphatic carbocycles. The molecule has 0 heterocycles. The summed E-state index contributed by atoms with van der Waals surface area (Å²) in [4.78, 5) is -0.363. The number of hydrogen-bond donors (Lipinski definition) is 2. The Balaban J connectivity index is 2.85. The van der Waals surface area contributed by atoms with Crippen LogP contribution in [0.15, 0.2) is 45.5 Å². The first-order chi connectivity index (χ1) is 8.43. The standard InChI is InChI=1S/C11H10N2O4S/c1-12-13-9-4-2-3-7-5-8(18(15,16)17)6-10(14)11(7)9/h2-6,14H,1H3,(H,15,16,17)/b13-12+. The Hall–Kier alpha value is -1.99. The minimum Gasteiger partial charge on any atom is -0.507 e. The van der Waals surface area contributed by atoms with Crippen LogP contribution < -0.4 is 0 Å². The van der Waals surface area contributed by atoms with E-state index in [0.29, 0.717) is 16.5 Å². The van der Waals surface area contributed by atoms with Crippen LogP contribution in [0.1, 0.15) is 0 Å². The second-order valence-corrected chi connectivity index (χ2v) is 5.01. The largest absolute Gasteiger partial charge is 0.507 e. The van der Waals surface area contributed by atoms with Gasteiger partial charge in [-0.3, -0.25) is 4.55 Å². The Morgan fingerprint density at radius 2 is 1.94 bits per heavy atom. The third-order valence-corrected chi connectivity index (χ3v) is 3.24. The summed E-state index contributed by atoms with van der Waals surface area (Å²) in [6.45, 7) is 0. The Kier molecular flexibility index (Phi) is 3.02. The lowest BCUT2D eigenvalue weighted by Crippen LogP contribution is -1.97. The normalized spacial score (nSPS) is 12.3. The van der Waals surface area contributed by atoms with Gasteiger partial charge in [0.15, 0.2) is 0 Å². The van der Waals surface area contributed by atoms with Gasteiger partial charge < -0.3 is 5.11 Å². The zero-order valence-electron chi connectivity index (χ0n) is 9.40. The van der Waals surface area contributed by atoms with Crippen molar-refractivity contribution in [2.24, 2.45) is 10.2 Å². The van der Waals surface area contributed by atoms with Crippen molar-refractivity contribution in [2.75, 3.05) is 7.05 Å². The number of nitrogens with zero attached hydrogens (tertiary/aromatic N) is 2. The molecule has 0 radical (unpaired) electrons. The van der Waals surface area contributed by atoms with E-state index < -0.39 is 10.1 Å². The Morgan fingerprint density at radius 3 is 2.56 bits per heavy atom. The van der Waals surface area contributed by atoms with E-state index in [2.05, 4.69) is 10.2 Å². The van der Waals surface area contributed by atoms with E-state index in [1.54, 1.807) is 18.2 Å². The highest BCUT2D eigenvalue weighted by Crippen LogP contribution is 2.35. The Bertz CT molecular complexity index is 738. The molecule has 0 aliphatic rings. The van der Waals surface area contributed by atoms with E-state index in [-0.39, 0.29) is 10.6 Å². The van der Waals surface area contributed by atoms with Gasteiger partial charge in [0.05, 0.1) is 16.0 Å². The number of fused-ring (bicyclic) bond motifs is 1. The number of rotatable bonds is 2. The summed E-state index contributed by atoms with van der Waals surface area (Å²) in [5.41, 5.74) is 0.425. The summed E-state index contributed by atoms with van der Waals surface area (Å²) in [6.07, 6.45) is 0. The lowest BCUT2D eigenvalue weighted by atomic mass is 10.1. The molecule has 6 nitrogen and oxygen atoms in total. The van der Waals surface area contributed by atoms with Gasteiger partial charge >= 0.3 is 0 Å². The highest BCUT2D eigenvalue weighted by atomic mass is 32.2. The molecule has 0 amide bonds. The van der Waals surface area contributed by atoms with Gasteiger partial charge in [-0.2, -0.15) is 18.6 Å². The van der Waals surface area contributed by atoms with Gasteiger partial charge in [0.1, 0.15) is 5.75 Å². The van der Waals surface area contributed by atoms with Gasteiger partial charge in [-0.05, 0) is 17.5 Å². The fourth-order valence-corrected chi connectivity index (χ4v) is 2.24. The molecule has 2 aromatic carbocycles. The van der Waals surface area contributed by atoms with E-state index in [4.69, 9.17) is 4.55 Å². The summed E-state index contributed by atoms with van der Waals surface area (Å²) >= 11 is 0. The zero-order chi connectivity index (χ0) is 13.3. The highest BCUT2D eigenvalue weighted by molar-refractivity contribution is 7.85. The van der Waals surface area contributed by atoms with Gasteiger partial charge in [0.2, 0.25) is 0 Å². The number of benzene rings is 2. The molecule has 0 bridgehead atoms. The lowest BCUT2D eigenvalue weighted by Gasteiger charge is -2.06. The average molecular weight is 266 g/mol. The number of azo groups is 1. The third kappa shape index (κ3) is 2.18. The predicted octanol–water partition coefficient (Wildman–Crippen LogP) is 2.51. The molecular weight excluding hydrogens is 256 g/mol. The predicted molar refractivity (Wildman–Crippen MR) is 65.9 cm³/mol. The second-order valence-electron chi connectivity index (χ2n) is 3.59. The fourth-order valence-electron chi connectivity index (χ4n) is 1.70. The van der Waals surface area contributed by atoms with Crippen LogP contribution in [0, 0.1) is 0 Å². The summed E-state index contributed by atoms with van der Waals surface area (Å²) in [5.74, 6) is -0.275. The smallest absolute Gasteiger partial charge is 0.294 e. The van der Waals surface area contributed by atoms with Gasteiger partial charge in [-0.25, -0.2) is 0 Å². The molecule has 7 heteroatoms. The molecule has 2 aromatic rings. The van der Waals surface area contributed by atoms with E-state index in [1.165, 1.54) is 13.1 Å². The van der Waals surface area contributed by atoms with Crippen molar-refractivity contribution < 1.29 is 18.1 Å². The van der Waals surface area contributed by atoms with Crippen LogP contribution in [0.25, 0.3) is 10.8 Å². The monoisotopic (exact) mass is 266 g/mol. The number of phenolic OH excluding ortho intramolecular Hbond substituents is 1. The van der Waals surface area contributed by atoms with E-state index in [0.717, 1.165) is 6.07 Å². The van der Waals surface area contributed by atoms with Crippen molar-refractivity contribution in [1.82, 2.24) is 0 Å². The Morgan fingerprint density at radius 1 is 1.22 bits per heavy atom. The maximum atomic E-state index is 11.0. The topological polar surface area (TPSA) is 99.3 Å². The van der Waals surface area contributed by atoms with E-state index >= 15 is 0 Å². The van der Waals surface area contributed by atoms with Crippen LogP contribution >= 0.6 is 0 Å². The molecular formula is C11H10N2O4S. The van der Waals surface area contributed by atoms with Gasteiger partial charge in [-0.1, -0.05) is 12.1 Å².